The van der Waals surface area contributed by atoms with Gasteiger partial charge in [0.1, 0.15) is 12.7 Å². The second-order valence-electron chi connectivity index (χ2n) is 7.14. The molecule has 0 N–H and O–H groups in total. The highest BCUT2D eigenvalue weighted by Crippen LogP contribution is 2.31. The summed E-state index contributed by atoms with van der Waals surface area (Å²) in [5.41, 5.74) is 0. The molecule has 0 radical (unpaired) electrons. The first-order valence-electron chi connectivity index (χ1n) is 10.00. The van der Waals surface area contributed by atoms with E-state index in [1.54, 1.807) is 6.92 Å². The lowest BCUT2D eigenvalue weighted by atomic mass is 9.98. The first-order valence-corrected chi connectivity index (χ1v) is 11.0. The standard InChI is InChI=1S/C20H30O11S/c1-10(7-8-32-15(6)25)27-20-19(30-14(5)24)18(29-13(4)23)17(28-12(3)22)16(31-20)9-26-11(2)21/h10,16-20H,7-9H2,1-6H3/t10-,16-,17+,18+,19-,20-/m1/s1. The number of carbonyl (C=O) groups is 5. The number of ether oxygens (including phenoxy) is 6. The monoisotopic (exact) mass is 478 g/mol. The average molecular weight is 479 g/mol. The zero-order valence-electron chi connectivity index (χ0n) is 19.0. The largest absolute Gasteiger partial charge is 0.463 e. The van der Waals surface area contributed by atoms with E-state index in [-0.39, 0.29) is 11.7 Å². The number of thioether (sulfide) groups is 1. The molecule has 0 amide bonds. The van der Waals surface area contributed by atoms with Crippen LogP contribution in [0, 0.1) is 0 Å². The molecular formula is C20H30O11S. The number of esters is 4. The number of rotatable bonds is 10. The lowest BCUT2D eigenvalue weighted by Gasteiger charge is -2.44. The van der Waals surface area contributed by atoms with E-state index in [2.05, 4.69) is 0 Å². The Hall–Kier alpha value is -2.18. The van der Waals surface area contributed by atoms with Crippen molar-refractivity contribution in [1.82, 2.24) is 0 Å². The van der Waals surface area contributed by atoms with Crippen molar-refractivity contribution in [2.24, 2.45) is 0 Å². The zero-order valence-corrected chi connectivity index (χ0v) is 19.8. The van der Waals surface area contributed by atoms with Crippen LogP contribution in [-0.4, -0.2) is 78.2 Å². The van der Waals surface area contributed by atoms with Gasteiger partial charge in [-0.2, -0.15) is 0 Å². The molecule has 1 fully saturated rings. The molecule has 0 saturated carbocycles. The Morgan fingerprint density at radius 2 is 1.34 bits per heavy atom. The average Bonchev–Trinajstić information content (AvgIpc) is 2.63. The van der Waals surface area contributed by atoms with E-state index in [4.69, 9.17) is 28.4 Å². The maximum absolute atomic E-state index is 11.8. The molecule has 1 heterocycles. The molecule has 182 valence electrons. The third kappa shape index (κ3) is 9.96. The van der Waals surface area contributed by atoms with Crippen molar-refractivity contribution in [1.29, 1.82) is 0 Å². The summed E-state index contributed by atoms with van der Waals surface area (Å²) in [6.45, 7) is 7.49. The minimum atomic E-state index is -1.28. The van der Waals surface area contributed by atoms with E-state index < -0.39 is 60.7 Å². The van der Waals surface area contributed by atoms with E-state index in [1.165, 1.54) is 13.8 Å². The van der Waals surface area contributed by atoms with E-state index in [9.17, 15) is 24.0 Å². The van der Waals surface area contributed by atoms with Gasteiger partial charge in [0.25, 0.3) is 0 Å². The summed E-state index contributed by atoms with van der Waals surface area (Å²) < 4.78 is 32.7. The molecule has 0 unspecified atom stereocenters. The van der Waals surface area contributed by atoms with Crippen LogP contribution in [0.5, 0.6) is 0 Å². The maximum Gasteiger partial charge on any atom is 0.303 e. The van der Waals surface area contributed by atoms with Crippen LogP contribution in [0.4, 0.5) is 0 Å². The van der Waals surface area contributed by atoms with Gasteiger partial charge in [-0.1, -0.05) is 11.8 Å². The molecule has 0 aliphatic carbocycles. The Bertz CT molecular complexity index is 695. The lowest BCUT2D eigenvalue weighted by molar-refractivity contribution is -0.315. The second-order valence-corrected chi connectivity index (χ2v) is 8.41. The third-order valence-corrected chi connectivity index (χ3v) is 4.99. The third-order valence-electron chi connectivity index (χ3n) is 4.14. The van der Waals surface area contributed by atoms with Gasteiger partial charge in [-0.3, -0.25) is 24.0 Å². The summed E-state index contributed by atoms with van der Waals surface area (Å²) in [5.74, 6) is -2.25. The van der Waals surface area contributed by atoms with Crippen LogP contribution in [0.15, 0.2) is 0 Å². The normalized spacial score (nSPS) is 25.9. The Labute approximate surface area is 190 Å². The molecule has 11 nitrogen and oxygen atoms in total. The van der Waals surface area contributed by atoms with Gasteiger partial charge >= 0.3 is 23.9 Å². The molecule has 6 atom stereocenters. The minimum absolute atomic E-state index is 0.0375. The van der Waals surface area contributed by atoms with Crippen molar-refractivity contribution < 1.29 is 52.4 Å². The predicted molar refractivity (Wildman–Crippen MR) is 110 cm³/mol. The van der Waals surface area contributed by atoms with Crippen molar-refractivity contribution in [2.75, 3.05) is 12.4 Å². The quantitative estimate of drug-likeness (QED) is 0.328. The molecule has 0 spiro atoms. The van der Waals surface area contributed by atoms with Crippen LogP contribution in [0.25, 0.3) is 0 Å². The van der Waals surface area contributed by atoms with Gasteiger partial charge in [0.2, 0.25) is 0 Å². The van der Waals surface area contributed by atoms with Gasteiger partial charge in [0.05, 0.1) is 6.10 Å². The van der Waals surface area contributed by atoms with Crippen LogP contribution in [0.3, 0.4) is 0 Å². The van der Waals surface area contributed by atoms with E-state index in [1.807, 2.05) is 0 Å². The summed E-state index contributed by atoms with van der Waals surface area (Å²) in [4.78, 5) is 57.7. The van der Waals surface area contributed by atoms with E-state index >= 15 is 0 Å². The Morgan fingerprint density at radius 1 is 0.812 bits per heavy atom. The lowest BCUT2D eigenvalue weighted by Crippen LogP contribution is -2.63. The smallest absolute Gasteiger partial charge is 0.303 e. The van der Waals surface area contributed by atoms with Crippen LogP contribution in [0.1, 0.15) is 48.0 Å². The highest BCUT2D eigenvalue weighted by atomic mass is 32.2. The van der Waals surface area contributed by atoms with E-state index in [0.717, 1.165) is 32.5 Å². The van der Waals surface area contributed by atoms with Crippen LogP contribution < -0.4 is 0 Å². The van der Waals surface area contributed by atoms with E-state index in [0.29, 0.717) is 12.2 Å². The fourth-order valence-corrected chi connectivity index (χ4v) is 3.70. The number of hydrogen-bond acceptors (Lipinski definition) is 12. The van der Waals surface area contributed by atoms with Crippen molar-refractivity contribution in [3.8, 4) is 0 Å². The number of carbonyl (C=O) groups excluding carboxylic acids is 5. The molecule has 1 aliphatic heterocycles. The van der Waals surface area contributed by atoms with Gasteiger partial charge in [0.15, 0.2) is 29.7 Å². The van der Waals surface area contributed by atoms with Gasteiger partial charge in [-0.05, 0) is 13.3 Å². The van der Waals surface area contributed by atoms with Gasteiger partial charge < -0.3 is 28.4 Å². The minimum Gasteiger partial charge on any atom is -0.463 e. The molecule has 0 aromatic carbocycles. The summed E-state index contributed by atoms with van der Waals surface area (Å²) in [7, 11) is 0. The number of hydrogen-bond donors (Lipinski definition) is 0. The fraction of sp³-hybridized carbons (Fsp3) is 0.750. The van der Waals surface area contributed by atoms with Crippen molar-refractivity contribution in [3.05, 3.63) is 0 Å². The summed E-state index contributed by atoms with van der Waals surface area (Å²) in [6, 6.07) is 0. The fourth-order valence-electron chi connectivity index (χ4n) is 2.96. The SMILES string of the molecule is CC(=O)OC[C@H]1O[C@@H](O[C@H](C)CCSC(C)=O)[C@H](OC(C)=O)[C@@H](OC(C)=O)[C@H]1OC(C)=O. The van der Waals surface area contributed by atoms with Crippen molar-refractivity contribution in [3.63, 3.8) is 0 Å². The van der Waals surface area contributed by atoms with Crippen LogP contribution in [0.2, 0.25) is 0 Å². The Balaban J connectivity index is 3.20. The van der Waals surface area contributed by atoms with Crippen molar-refractivity contribution in [2.45, 2.75) is 84.8 Å². The molecule has 1 aliphatic rings. The van der Waals surface area contributed by atoms with Gasteiger partial charge in [-0.25, -0.2) is 0 Å². The molecule has 1 rings (SSSR count). The molecule has 0 aromatic rings. The Morgan fingerprint density at radius 3 is 1.84 bits per heavy atom. The predicted octanol–water partition coefficient (Wildman–Crippen LogP) is 1.14. The topological polar surface area (TPSA) is 141 Å². The summed E-state index contributed by atoms with van der Waals surface area (Å²) >= 11 is 1.13. The first-order chi connectivity index (χ1) is 14.9. The zero-order chi connectivity index (χ0) is 24.4. The first kappa shape index (κ1) is 27.9. The van der Waals surface area contributed by atoms with Gasteiger partial charge in [0, 0.05) is 40.4 Å². The second kappa shape index (κ2) is 13.4. The molecule has 32 heavy (non-hydrogen) atoms. The van der Waals surface area contributed by atoms with Crippen LogP contribution in [-0.2, 0) is 52.4 Å². The Kier molecular flexibility index (Phi) is 11.7. The summed E-state index contributed by atoms with van der Waals surface area (Å²) in [6.07, 6.45) is -6.05. The highest BCUT2D eigenvalue weighted by Gasteiger charge is 2.53. The van der Waals surface area contributed by atoms with Gasteiger partial charge in [-0.15, -0.1) is 0 Å². The molecular weight excluding hydrogens is 448 g/mol. The molecule has 0 aromatic heterocycles. The maximum atomic E-state index is 11.8. The molecule has 1 saturated heterocycles. The molecule has 12 heteroatoms. The van der Waals surface area contributed by atoms with Crippen molar-refractivity contribution >= 4 is 40.8 Å². The molecule has 0 bridgehead atoms. The van der Waals surface area contributed by atoms with Crippen LogP contribution >= 0.6 is 11.8 Å². The highest BCUT2D eigenvalue weighted by molar-refractivity contribution is 8.13. The summed E-state index contributed by atoms with van der Waals surface area (Å²) in [5, 5.41) is -0.0375.